The molecule has 0 aliphatic carbocycles. The van der Waals surface area contributed by atoms with Gasteiger partial charge in [-0.15, -0.1) is 0 Å². The molecule has 1 aromatic carbocycles. The normalized spacial score (nSPS) is 10.3. The van der Waals surface area contributed by atoms with Crippen LogP contribution in [0, 0.1) is 6.07 Å². The number of aromatic nitrogens is 1. The van der Waals surface area contributed by atoms with Crippen molar-refractivity contribution in [3.8, 4) is 0 Å². The maximum absolute atomic E-state index is 4.21. The highest BCUT2D eigenvalue weighted by Gasteiger charge is 1.97. The zero-order valence-corrected chi connectivity index (χ0v) is 7.78. The fourth-order valence-corrected chi connectivity index (χ4v) is 1.29. The quantitative estimate of drug-likeness (QED) is 0.653. The van der Waals surface area contributed by atoms with Crippen LogP contribution in [0.2, 0.25) is 0 Å². The molecular formula is C11H11N2. The molecule has 0 aliphatic heterocycles. The Hall–Kier alpha value is -1.57. The van der Waals surface area contributed by atoms with Crippen LogP contribution in [0.15, 0.2) is 30.5 Å². The summed E-state index contributed by atoms with van der Waals surface area (Å²) in [6, 6.07) is 11.1. The largest absolute Gasteiger partial charge is 0.378 e. The van der Waals surface area contributed by atoms with Crippen LogP contribution in [-0.2, 0) is 0 Å². The molecule has 0 N–H and O–H groups in total. The van der Waals surface area contributed by atoms with Crippen LogP contribution in [0.3, 0.4) is 0 Å². The number of rotatable bonds is 1. The Morgan fingerprint density at radius 2 is 2.15 bits per heavy atom. The molecule has 1 aromatic heterocycles. The van der Waals surface area contributed by atoms with Crippen molar-refractivity contribution in [3.05, 3.63) is 36.5 Å². The van der Waals surface area contributed by atoms with Gasteiger partial charge in [0.25, 0.3) is 0 Å². The molecule has 2 aromatic rings. The van der Waals surface area contributed by atoms with Crippen molar-refractivity contribution in [2.45, 2.75) is 0 Å². The van der Waals surface area contributed by atoms with Crippen LogP contribution in [0.25, 0.3) is 10.9 Å². The van der Waals surface area contributed by atoms with Gasteiger partial charge >= 0.3 is 0 Å². The maximum Gasteiger partial charge on any atom is 0.0703 e. The lowest BCUT2D eigenvalue weighted by molar-refractivity contribution is 1.13. The smallest absolute Gasteiger partial charge is 0.0703 e. The van der Waals surface area contributed by atoms with E-state index in [4.69, 9.17) is 0 Å². The van der Waals surface area contributed by atoms with E-state index in [0.717, 1.165) is 10.9 Å². The van der Waals surface area contributed by atoms with E-state index >= 15 is 0 Å². The number of anilines is 1. The third kappa shape index (κ3) is 1.47. The Bertz CT molecular complexity index is 421. The standard InChI is InChI=1S/C11H11N2/c1-13(2)10-5-6-11-9(8-10)4-3-7-12-11/h4-8H,1-2H3. The first-order valence-corrected chi connectivity index (χ1v) is 4.20. The number of fused-ring (bicyclic) bond motifs is 1. The summed E-state index contributed by atoms with van der Waals surface area (Å²) in [6.07, 6.45) is 1.69. The highest BCUT2D eigenvalue weighted by molar-refractivity contribution is 5.82. The van der Waals surface area contributed by atoms with Crippen LogP contribution in [-0.4, -0.2) is 19.1 Å². The molecule has 1 radical (unpaired) electrons. The minimum Gasteiger partial charge on any atom is -0.378 e. The Balaban J connectivity index is 2.62. The predicted molar refractivity (Wildman–Crippen MR) is 54.9 cm³/mol. The average molecular weight is 171 g/mol. The first kappa shape index (κ1) is 8.05. The van der Waals surface area contributed by atoms with Crippen molar-refractivity contribution in [3.63, 3.8) is 0 Å². The van der Waals surface area contributed by atoms with Gasteiger partial charge in [-0.25, -0.2) is 0 Å². The molecule has 2 nitrogen and oxygen atoms in total. The SMILES string of the molecule is CN(C)c1ccc2nc[c]cc2c1. The van der Waals surface area contributed by atoms with Gasteiger partial charge in [0.05, 0.1) is 5.52 Å². The highest BCUT2D eigenvalue weighted by atomic mass is 15.1. The van der Waals surface area contributed by atoms with Gasteiger partial charge in [0.2, 0.25) is 0 Å². The van der Waals surface area contributed by atoms with Crippen molar-refractivity contribution in [2.24, 2.45) is 0 Å². The van der Waals surface area contributed by atoms with Crippen LogP contribution >= 0.6 is 0 Å². The Labute approximate surface area is 77.8 Å². The Morgan fingerprint density at radius 1 is 1.31 bits per heavy atom. The molecule has 0 amide bonds. The number of hydrogen-bond acceptors (Lipinski definition) is 2. The zero-order valence-electron chi connectivity index (χ0n) is 7.78. The molecular weight excluding hydrogens is 160 g/mol. The van der Waals surface area contributed by atoms with Crippen LogP contribution in [0.4, 0.5) is 5.69 Å². The summed E-state index contributed by atoms with van der Waals surface area (Å²) < 4.78 is 0. The molecule has 0 unspecified atom stereocenters. The molecule has 65 valence electrons. The molecule has 0 saturated heterocycles. The summed E-state index contributed by atoms with van der Waals surface area (Å²) in [7, 11) is 4.06. The van der Waals surface area contributed by atoms with E-state index in [1.54, 1.807) is 6.20 Å². The second-order valence-electron chi connectivity index (χ2n) is 3.21. The summed E-state index contributed by atoms with van der Waals surface area (Å²) in [5, 5.41) is 1.13. The number of hydrogen-bond donors (Lipinski definition) is 0. The second kappa shape index (κ2) is 3.05. The molecule has 13 heavy (non-hydrogen) atoms. The molecule has 2 heteroatoms. The average Bonchev–Trinajstić information content (AvgIpc) is 2.17. The van der Waals surface area contributed by atoms with Gasteiger partial charge in [-0.05, 0) is 24.3 Å². The zero-order chi connectivity index (χ0) is 9.26. The van der Waals surface area contributed by atoms with Crippen molar-refractivity contribution in [2.75, 3.05) is 19.0 Å². The lowest BCUT2D eigenvalue weighted by atomic mass is 10.2. The van der Waals surface area contributed by atoms with E-state index in [1.807, 2.05) is 26.2 Å². The number of benzene rings is 1. The van der Waals surface area contributed by atoms with Crippen molar-refractivity contribution < 1.29 is 0 Å². The van der Waals surface area contributed by atoms with Crippen molar-refractivity contribution in [1.29, 1.82) is 0 Å². The summed E-state index contributed by atoms with van der Waals surface area (Å²) >= 11 is 0. The third-order valence-corrected chi connectivity index (χ3v) is 2.04. The monoisotopic (exact) mass is 171 g/mol. The van der Waals surface area contributed by atoms with Gasteiger partial charge in [-0.2, -0.15) is 0 Å². The highest BCUT2D eigenvalue weighted by Crippen LogP contribution is 2.18. The number of pyridine rings is 1. The van der Waals surface area contributed by atoms with E-state index in [1.165, 1.54) is 5.69 Å². The summed E-state index contributed by atoms with van der Waals surface area (Å²) in [6.45, 7) is 0. The third-order valence-electron chi connectivity index (χ3n) is 2.04. The van der Waals surface area contributed by atoms with E-state index in [0.29, 0.717) is 0 Å². The van der Waals surface area contributed by atoms with Crippen molar-refractivity contribution >= 4 is 16.6 Å². The van der Waals surface area contributed by atoms with E-state index in [-0.39, 0.29) is 0 Å². The van der Waals surface area contributed by atoms with Crippen LogP contribution in [0.5, 0.6) is 0 Å². The molecule has 0 saturated carbocycles. The van der Waals surface area contributed by atoms with E-state index in [9.17, 15) is 0 Å². The van der Waals surface area contributed by atoms with Gasteiger partial charge in [-0.1, -0.05) is 0 Å². The fraction of sp³-hybridized carbons (Fsp3) is 0.182. The first-order chi connectivity index (χ1) is 6.27. The first-order valence-electron chi connectivity index (χ1n) is 4.20. The van der Waals surface area contributed by atoms with Crippen molar-refractivity contribution in [1.82, 2.24) is 4.98 Å². The molecule has 1 heterocycles. The molecule has 0 aliphatic rings. The van der Waals surface area contributed by atoms with Gasteiger partial charge in [0.1, 0.15) is 0 Å². The minimum absolute atomic E-state index is 1.02. The van der Waals surface area contributed by atoms with Gasteiger partial charge in [-0.3, -0.25) is 4.98 Å². The molecule has 0 spiro atoms. The van der Waals surface area contributed by atoms with Gasteiger partial charge in [0, 0.05) is 37.4 Å². The maximum atomic E-state index is 4.21. The summed E-state index contributed by atoms with van der Waals surface area (Å²) in [5.41, 5.74) is 2.21. The van der Waals surface area contributed by atoms with E-state index < -0.39 is 0 Å². The fourth-order valence-electron chi connectivity index (χ4n) is 1.29. The van der Waals surface area contributed by atoms with E-state index in [2.05, 4.69) is 28.1 Å². The minimum atomic E-state index is 1.02. The van der Waals surface area contributed by atoms with Crippen LogP contribution in [0.1, 0.15) is 0 Å². The molecule has 0 fully saturated rings. The summed E-state index contributed by atoms with van der Waals surface area (Å²) in [4.78, 5) is 6.28. The molecule has 0 atom stereocenters. The predicted octanol–water partition coefficient (Wildman–Crippen LogP) is 2.10. The Morgan fingerprint density at radius 3 is 2.92 bits per heavy atom. The van der Waals surface area contributed by atoms with Gasteiger partial charge in [0.15, 0.2) is 0 Å². The summed E-state index contributed by atoms with van der Waals surface area (Å²) in [5.74, 6) is 0. The number of nitrogens with zero attached hydrogens (tertiary/aromatic N) is 2. The molecule has 2 rings (SSSR count). The van der Waals surface area contributed by atoms with Crippen LogP contribution < -0.4 is 4.90 Å². The lowest BCUT2D eigenvalue weighted by Gasteiger charge is -2.12. The van der Waals surface area contributed by atoms with Gasteiger partial charge < -0.3 is 4.90 Å². The second-order valence-corrected chi connectivity index (χ2v) is 3.21. The lowest BCUT2D eigenvalue weighted by Crippen LogP contribution is -2.08. The topological polar surface area (TPSA) is 16.1 Å². The Kier molecular flexibility index (Phi) is 1.89. The molecule has 0 bridgehead atoms.